The molecule has 1 unspecified atom stereocenters. The van der Waals surface area contributed by atoms with E-state index >= 15 is 0 Å². The van der Waals surface area contributed by atoms with Crippen LogP contribution in [-0.2, 0) is 6.54 Å². The lowest BCUT2D eigenvalue weighted by atomic mass is 9.83. The second kappa shape index (κ2) is 6.18. The van der Waals surface area contributed by atoms with E-state index in [1.54, 1.807) is 16.8 Å². The lowest BCUT2D eigenvalue weighted by molar-refractivity contribution is 0.0429. The third-order valence-corrected chi connectivity index (χ3v) is 4.38. The number of piperidine rings is 1. The highest BCUT2D eigenvalue weighted by Gasteiger charge is 2.30. The molecule has 2 heterocycles. The normalized spacial score (nSPS) is 22.9. The Morgan fingerprint density at radius 3 is 2.82 bits per heavy atom. The smallest absolute Gasteiger partial charge is 0.123 e. The molecule has 1 aromatic heterocycles. The number of benzene rings is 1. The van der Waals surface area contributed by atoms with Gasteiger partial charge < -0.3 is 5.11 Å². The minimum Gasteiger partial charge on any atom is -0.396 e. The Kier molecular flexibility index (Phi) is 4.27. The van der Waals surface area contributed by atoms with Crippen molar-refractivity contribution >= 4 is 0 Å². The van der Waals surface area contributed by atoms with E-state index in [4.69, 9.17) is 0 Å². The molecule has 1 aromatic carbocycles. The van der Waals surface area contributed by atoms with Crippen molar-refractivity contribution < 1.29 is 9.50 Å². The van der Waals surface area contributed by atoms with E-state index in [-0.39, 0.29) is 17.8 Å². The number of hydrogen-bond donors (Lipinski definition) is 1. The topological polar surface area (TPSA) is 41.3 Å². The van der Waals surface area contributed by atoms with Crippen LogP contribution >= 0.6 is 0 Å². The minimum absolute atomic E-state index is 0.00516. The van der Waals surface area contributed by atoms with Crippen molar-refractivity contribution in [3.05, 3.63) is 48.0 Å². The van der Waals surface area contributed by atoms with Crippen LogP contribution in [0.25, 0.3) is 5.69 Å². The van der Waals surface area contributed by atoms with Gasteiger partial charge in [0.2, 0.25) is 0 Å². The number of aromatic nitrogens is 2. The molecule has 1 aliphatic heterocycles. The molecular weight excluding hydrogens is 281 g/mol. The average molecular weight is 303 g/mol. The summed E-state index contributed by atoms with van der Waals surface area (Å²) in [4.78, 5) is 2.37. The molecule has 4 nitrogen and oxygen atoms in total. The molecule has 0 spiro atoms. The fourth-order valence-corrected chi connectivity index (χ4v) is 3.13. The Morgan fingerprint density at radius 2 is 2.09 bits per heavy atom. The molecular formula is C17H22FN3O. The van der Waals surface area contributed by atoms with Gasteiger partial charge in [0, 0.05) is 36.9 Å². The molecule has 1 N–H and O–H groups in total. The molecule has 1 fully saturated rings. The number of halogens is 1. The van der Waals surface area contributed by atoms with Gasteiger partial charge in [0.15, 0.2) is 0 Å². The molecule has 0 radical (unpaired) electrons. The van der Waals surface area contributed by atoms with Gasteiger partial charge in [-0.25, -0.2) is 9.07 Å². The first-order valence-electron chi connectivity index (χ1n) is 7.71. The number of nitrogens with zero attached hydrogens (tertiary/aromatic N) is 3. The second-order valence-electron chi connectivity index (χ2n) is 6.55. The van der Waals surface area contributed by atoms with Crippen molar-refractivity contribution in [1.82, 2.24) is 14.7 Å². The highest BCUT2D eigenvalue weighted by molar-refractivity contribution is 5.31. The lowest BCUT2D eigenvalue weighted by Crippen LogP contribution is -2.43. The van der Waals surface area contributed by atoms with Crippen molar-refractivity contribution in [1.29, 1.82) is 0 Å². The maximum Gasteiger partial charge on any atom is 0.123 e. The van der Waals surface area contributed by atoms with Gasteiger partial charge in [0.05, 0.1) is 11.9 Å². The molecule has 0 amide bonds. The summed E-state index contributed by atoms with van der Waals surface area (Å²) in [7, 11) is 0. The largest absolute Gasteiger partial charge is 0.396 e. The Hall–Kier alpha value is -1.72. The fraction of sp³-hybridized carbons (Fsp3) is 0.471. The van der Waals surface area contributed by atoms with E-state index in [1.807, 2.05) is 12.4 Å². The number of rotatable bonds is 4. The first-order chi connectivity index (χ1) is 10.6. The van der Waals surface area contributed by atoms with Crippen LogP contribution in [0.5, 0.6) is 0 Å². The maximum absolute atomic E-state index is 13.0. The molecule has 2 aromatic rings. The average Bonchev–Trinajstić information content (AvgIpc) is 2.96. The molecule has 118 valence electrons. The molecule has 0 bridgehead atoms. The Labute approximate surface area is 130 Å². The van der Waals surface area contributed by atoms with Crippen LogP contribution < -0.4 is 0 Å². The van der Waals surface area contributed by atoms with Crippen LogP contribution in [0.2, 0.25) is 0 Å². The molecule has 3 rings (SSSR count). The number of aliphatic hydroxyl groups excluding tert-OH is 1. The van der Waals surface area contributed by atoms with Gasteiger partial charge in [0.25, 0.3) is 0 Å². The summed E-state index contributed by atoms with van der Waals surface area (Å²) in [6, 6.07) is 6.31. The summed E-state index contributed by atoms with van der Waals surface area (Å²) in [5, 5.41) is 13.9. The zero-order valence-corrected chi connectivity index (χ0v) is 12.9. The zero-order chi connectivity index (χ0) is 15.6. The van der Waals surface area contributed by atoms with Crippen LogP contribution in [0.4, 0.5) is 4.39 Å². The molecule has 5 heteroatoms. The van der Waals surface area contributed by atoms with Gasteiger partial charge in [-0.2, -0.15) is 5.10 Å². The highest BCUT2D eigenvalue weighted by atomic mass is 19.1. The van der Waals surface area contributed by atoms with Gasteiger partial charge in [-0.3, -0.25) is 4.90 Å². The van der Waals surface area contributed by atoms with Gasteiger partial charge in [0.1, 0.15) is 5.82 Å². The predicted molar refractivity (Wildman–Crippen MR) is 83.2 cm³/mol. The molecule has 22 heavy (non-hydrogen) atoms. The van der Waals surface area contributed by atoms with E-state index < -0.39 is 0 Å². The van der Waals surface area contributed by atoms with Crippen LogP contribution in [0.3, 0.4) is 0 Å². The van der Waals surface area contributed by atoms with Gasteiger partial charge in [-0.15, -0.1) is 0 Å². The summed E-state index contributed by atoms with van der Waals surface area (Å²) in [6.07, 6.45) is 6.03. The molecule has 1 saturated heterocycles. The highest BCUT2D eigenvalue weighted by Crippen LogP contribution is 2.29. The third-order valence-electron chi connectivity index (χ3n) is 4.38. The molecule has 1 atom stereocenters. The third kappa shape index (κ3) is 3.36. The van der Waals surface area contributed by atoms with Gasteiger partial charge in [-0.1, -0.05) is 6.92 Å². The first kappa shape index (κ1) is 15.2. The van der Waals surface area contributed by atoms with Crippen molar-refractivity contribution in [2.24, 2.45) is 5.41 Å². The minimum atomic E-state index is -0.243. The van der Waals surface area contributed by atoms with Crippen LogP contribution in [-0.4, -0.2) is 39.5 Å². The van der Waals surface area contributed by atoms with E-state index in [0.717, 1.165) is 43.7 Å². The van der Waals surface area contributed by atoms with Gasteiger partial charge >= 0.3 is 0 Å². The maximum atomic E-state index is 13.0. The van der Waals surface area contributed by atoms with Crippen molar-refractivity contribution in [2.45, 2.75) is 26.3 Å². The SMILES string of the molecule is CC1(CO)CCCN(Cc2cnn(-c3ccc(F)cc3)c2)C1. The second-order valence-corrected chi connectivity index (χ2v) is 6.55. The number of aliphatic hydroxyl groups is 1. The molecule has 1 aliphatic rings. The first-order valence-corrected chi connectivity index (χ1v) is 7.71. The molecule has 0 saturated carbocycles. The summed E-state index contributed by atoms with van der Waals surface area (Å²) in [5.74, 6) is -0.243. The van der Waals surface area contributed by atoms with Crippen LogP contribution in [0.1, 0.15) is 25.3 Å². The van der Waals surface area contributed by atoms with Gasteiger partial charge in [-0.05, 0) is 43.7 Å². The van der Waals surface area contributed by atoms with Crippen molar-refractivity contribution in [3.8, 4) is 5.69 Å². The predicted octanol–water partition coefficient (Wildman–Crippen LogP) is 2.61. The number of likely N-dealkylation sites (tertiary alicyclic amines) is 1. The van der Waals surface area contributed by atoms with E-state index in [2.05, 4.69) is 16.9 Å². The van der Waals surface area contributed by atoms with Crippen molar-refractivity contribution in [3.63, 3.8) is 0 Å². The quantitative estimate of drug-likeness (QED) is 0.944. The summed E-state index contributed by atoms with van der Waals surface area (Å²) < 4.78 is 14.7. The monoisotopic (exact) mass is 303 g/mol. The standard InChI is InChI=1S/C17H22FN3O/c1-17(13-22)7-2-8-20(12-17)10-14-9-19-21(11-14)16-5-3-15(18)4-6-16/h3-6,9,11,22H,2,7-8,10,12-13H2,1H3. The summed E-state index contributed by atoms with van der Waals surface area (Å²) in [6.45, 7) is 5.17. The summed E-state index contributed by atoms with van der Waals surface area (Å²) in [5.41, 5.74) is 1.99. The Morgan fingerprint density at radius 1 is 1.32 bits per heavy atom. The van der Waals surface area contributed by atoms with Crippen LogP contribution in [0.15, 0.2) is 36.7 Å². The Balaban J connectivity index is 1.68. The fourth-order valence-electron chi connectivity index (χ4n) is 3.13. The van der Waals surface area contributed by atoms with E-state index in [0.29, 0.717) is 0 Å². The van der Waals surface area contributed by atoms with Crippen molar-refractivity contribution in [2.75, 3.05) is 19.7 Å². The Bertz CT molecular complexity index is 625. The number of hydrogen-bond acceptors (Lipinski definition) is 3. The summed E-state index contributed by atoms with van der Waals surface area (Å²) >= 11 is 0. The van der Waals surface area contributed by atoms with E-state index in [1.165, 1.54) is 12.1 Å². The van der Waals surface area contributed by atoms with E-state index in [9.17, 15) is 9.50 Å². The van der Waals surface area contributed by atoms with Crippen LogP contribution in [0, 0.1) is 11.2 Å². The zero-order valence-electron chi connectivity index (χ0n) is 12.9. The lowest BCUT2D eigenvalue weighted by Gasteiger charge is -2.39. The molecule has 0 aliphatic carbocycles.